The van der Waals surface area contributed by atoms with Crippen molar-refractivity contribution in [3.8, 4) is 0 Å². The largest absolute Gasteiger partial charge is 0.450 e. The van der Waals surface area contributed by atoms with Gasteiger partial charge in [-0.25, -0.2) is 9.59 Å². The van der Waals surface area contributed by atoms with Gasteiger partial charge in [0.05, 0.1) is 6.61 Å². The van der Waals surface area contributed by atoms with Crippen LogP contribution in [-0.2, 0) is 4.74 Å². The molecule has 0 heterocycles. The van der Waals surface area contributed by atoms with Crippen LogP contribution >= 0.6 is 0 Å². The summed E-state index contributed by atoms with van der Waals surface area (Å²) < 4.78 is 4.85. The van der Waals surface area contributed by atoms with Gasteiger partial charge in [0.2, 0.25) is 0 Å². The molecular weight excluding hydrogens is 282 g/mol. The standard InChI is InChI=1S/C16H25N3O3/c1-4-6-7-11-17-15(20)18-13-9-8-10-14(12(13)3)19-16(21)22-5-2/h8-10H,4-7,11H2,1-3H3,(H,19,21)(H2,17,18,20). The molecule has 0 aromatic heterocycles. The first-order valence-electron chi connectivity index (χ1n) is 7.66. The zero-order valence-electron chi connectivity index (χ0n) is 13.5. The molecule has 0 aliphatic rings. The predicted molar refractivity (Wildman–Crippen MR) is 88.4 cm³/mol. The number of amides is 3. The fourth-order valence-corrected chi connectivity index (χ4v) is 1.93. The normalized spacial score (nSPS) is 9.95. The van der Waals surface area contributed by atoms with Crippen molar-refractivity contribution in [1.82, 2.24) is 5.32 Å². The number of rotatable bonds is 7. The second-order valence-electron chi connectivity index (χ2n) is 4.91. The van der Waals surface area contributed by atoms with E-state index in [1.54, 1.807) is 25.1 Å². The molecule has 0 atom stereocenters. The quantitative estimate of drug-likeness (QED) is 0.669. The molecule has 0 saturated heterocycles. The average Bonchev–Trinajstić information content (AvgIpc) is 2.48. The van der Waals surface area contributed by atoms with Crippen molar-refractivity contribution in [1.29, 1.82) is 0 Å². The summed E-state index contributed by atoms with van der Waals surface area (Å²) in [6.45, 7) is 6.65. The molecule has 122 valence electrons. The van der Waals surface area contributed by atoms with Gasteiger partial charge >= 0.3 is 12.1 Å². The zero-order valence-corrected chi connectivity index (χ0v) is 13.5. The Kier molecular flexibility index (Phi) is 7.81. The number of benzene rings is 1. The summed E-state index contributed by atoms with van der Waals surface area (Å²) in [5, 5.41) is 8.25. The van der Waals surface area contributed by atoms with Crippen LogP contribution in [0.1, 0.15) is 38.7 Å². The van der Waals surface area contributed by atoms with Gasteiger partial charge < -0.3 is 15.4 Å². The number of anilines is 2. The summed E-state index contributed by atoms with van der Waals surface area (Å²) >= 11 is 0. The Balaban J connectivity index is 2.60. The van der Waals surface area contributed by atoms with Gasteiger partial charge in [-0.15, -0.1) is 0 Å². The molecule has 0 bridgehead atoms. The van der Waals surface area contributed by atoms with E-state index in [4.69, 9.17) is 4.74 Å². The molecule has 3 amide bonds. The van der Waals surface area contributed by atoms with Gasteiger partial charge in [0.25, 0.3) is 0 Å². The molecular formula is C16H25N3O3. The van der Waals surface area contributed by atoms with Crippen LogP contribution in [0.15, 0.2) is 18.2 Å². The third kappa shape index (κ3) is 6.03. The molecule has 0 saturated carbocycles. The van der Waals surface area contributed by atoms with E-state index >= 15 is 0 Å². The molecule has 0 spiro atoms. The molecule has 22 heavy (non-hydrogen) atoms. The van der Waals surface area contributed by atoms with Gasteiger partial charge in [-0.3, -0.25) is 5.32 Å². The van der Waals surface area contributed by atoms with E-state index in [1.807, 2.05) is 6.92 Å². The third-order valence-electron chi connectivity index (χ3n) is 3.16. The van der Waals surface area contributed by atoms with E-state index in [2.05, 4.69) is 22.9 Å². The van der Waals surface area contributed by atoms with Crippen molar-refractivity contribution in [3.05, 3.63) is 23.8 Å². The predicted octanol–water partition coefficient (Wildman–Crippen LogP) is 3.88. The highest BCUT2D eigenvalue weighted by Crippen LogP contribution is 2.23. The minimum Gasteiger partial charge on any atom is -0.450 e. The van der Waals surface area contributed by atoms with E-state index in [0.29, 0.717) is 24.5 Å². The maximum absolute atomic E-state index is 11.8. The van der Waals surface area contributed by atoms with E-state index < -0.39 is 6.09 Å². The van der Waals surface area contributed by atoms with Crippen LogP contribution in [0.3, 0.4) is 0 Å². The first kappa shape index (κ1) is 17.8. The molecule has 0 fully saturated rings. The summed E-state index contributed by atoms with van der Waals surface area (Å²) in [7, 11) is 0. The summed E-state index contributed by atoms with van der Waals surface area (Å²) in [5.41, 5.74) is 2.05. The number of carbonyl (C=O) groups excluding carboxylic acids is 2. The van der Waals surface area contributed by atoms with Gasteiger partial charge in [-0.05, 0) is 38.0 Å². The van der Waals surface area contributed by atoms with Crippen molar-refractivity contribution >= 4 is 23.5 Å². The minimum absolute atomic E-state index is 0.243. The smallest absolute Gasteiger partial charge is 0.411 e. The monoisotopic (exact) mass is 307 g/mol. The van der Waals surface area contributed by atoms with Gasteiger partial charge in [0.1, 0.15) is 0 Å². The Morgan fingerprint density at radius 2 is 1.77 bits per heavy atom. The lowest BCUT2D eigenvalue weighted by Crippen LogP contribution is -2.29. The SMILES string of the molecule is CCCCCNC(=O)Nc1cccc(NC(=O)OCC)c1C. The van der Waals surface area contributed by atoms with Crippen molar-refractivity contribution < 1.29 is 14.3 Å². The fraction of sp³-hybridized carbons (Fsp3) is 0.500. The maximum Gasteiger partial charge on any atom is 0.411 e. The highest BCUT2D eigenvalue weighted by molar-refractivity contribution is 5.93. The molecule has 3 N–H and O–H groups in total. The first-order valence-corrected chi connectivity index (χ1v) is 7.66. The number of unbranched alkanes of at least 4 members (excludes halogenated alkanes) is 2. The molecule has 0 unspecified atom stereocenters. The number of ether oxygens (including phenoxy) is 1. The van der Waals surface area contributed by atoms with Crippen molar-refractivity contribution in [2.45, 2.75) is 40.0 Å². The number of urea groups is 1. The second kappa shape index (κ2) is 9.65. The summed E-state index contributed by atoms with van der Waals surface area (Å²) in [5.74, 6) is 0. The molecule has 0 radical (unpaired) electrons. The first-order chi connectivity index (χ1) is 10.6. The van der Waals surface area contributed by atoms with E-state index in [1.165, 1.54) is 0 Å². The Morgan fingerprint density at radius 1 is 1.09 bits per heavy atom. The maximum atomic E-state index is 11.8. The van der Waals surface area contributed by atoms with Crippen LogP contribution in [0.2, 0.25) is 0 Å². The van der Waals surface area contributed by atoms with Gasteiger partial charge in [-0.1, -0.05) is 25.8 Å². The molecule has 1 aromatic rings. The fourth-order valence-electron chi connectivity index (χ4n) is 1.93. The van der Waals surface area contributed by atoms with Gasteiger partial charge in [0.15, 0.2) is 0 Å². The Hall–Kier alpha value is -2.24. The average molecular weight is 307 g/mol. The van der Waals surface area contributed by atoms with Crippen LogP contribution in [-0.4, -0.2) is 25.3 Å². The van der Waals surface area contributed by atoms with Crippen LogP contribution < -0.4 is 16.0 Å². The lowest BCUT2D eigenvalue weighted by molar-refractivity contribution is 0.168. The van der Waals surface area contributed by atoms with Gasteiger partial charge in [0, 0.05) is 17.9 Å². The Morgan fingerprint density at radius 3 is 2.41 bits per heavy atom. The zero-order chi connectivity index (χ0) is 16.4. The van der Waals surface area contributed by atoms with Crippen molar-refractivity contribution in [2.75, 3.05) is 23.8 Å². The molecule has 0 aliphatic heterocycles. The highest BCUT2D eigenvalue weighted by Gasteiger charge is 2.09. The Bertz CT molecular complexity index is 503. The van der Waals surface area contributed by atoms with E-state index in [-0.39, 0.29) is 6.03 Å². The van der Waals surface area contributed by atoms with E-state index in [9.17, 15) is 9.59 Å². The summed E-state index contributed by atoms with van der Waals surface area (Å²) in [4.78, 5) is 23.3. The van der Waals surface area contributed by atoms with Crippen molar-refractivity contribution in [3.63, 3.8) is 0 Å². The number of nitrogens with one attached hydrogen (secondary N) is 3. The third-order valence-corrected chi connectivity index (χ3v) is 3.16. The Labute approximate surface area is 131 Å². The van der Waals surface area contributed by atoms with Crippen LogP contribution in [0.5, 0.6) is 0 Å². The van der Waals surface area contributed by atoms with Crippen molar-refractivity contribution in [2.24, 2.45) is 0 Å². The second-order valence-corrected chi connectivity index (χ2v) is 4.91. The molecule has 0 aliphatic carbocycles. The lowest BCUT2D eigenvalue weighted by Gasteiger charge is -2.13. The van der Waals surface area contributed by atoms with Crippen LogP contribution in [0, 0.1) is 6.92 Å². The lowest BCUT2D eigenvalue weighted by atomic mass is 10.1. The molecule has 6 heteroatoms. The van der Waals surface area contributed by atoms with Gasteiger partial charge in [-0.2, -0.15) is 0 Å². The summed E-state index contributed by atoms with van der Waals surface area (Å²) in [6.07, 6.45) is 2.67. The number of hydrogen-bond donors (Lipinski definition) is 3. The van der Waals surface area contributed by atoms with E-state index in [0.717, 1.165) is 24.8 Å². The highest BCUT2D eigenvalue weighted by atomic mass is 16.5. The minimum atomic E-state index is -0.508. The molecule has 6 nitrogen and oxygen atoms in total. The number of hydrogen-bond acceptors (Lipinski definition) is 3. The van der Waals surface area contributed by atoms with Crippen LogP contribution in [0.4, 0.5) is 21.0 Å². The number of carbonyl (C=O) groups is 2. The molecule has 1 rings (SSSR count). The molecule has 1 aromatic carbocycles. The summed E-state index contributed by atoms with van der Waals surface area (Å²) in [6, 6.07) is 5.07. The van der Waals surface area contributed by atoms with Crippen LogP contribution in [0.25, 0.3) is 0 Å². The topological polar surface area (TPSA) is 79.5 Å².